The van der Waals surface area contributed by atoms with Crippen molar-refractivity contribution < 1.29 is 4.79 Å². The van der Waals surface area contributed by atoms with Crippen LogP contribution in [0.25, 0.3) is 0 Å². The molecule has 27 heavy (non-hydrogen) atoms. The van der Waals surface area contributed by atoms with Crippen LogP contribution in [0.4, 0.5) is 11.6 Å². The number of Topliss-reactive ketones (excluding diaryl/α,β-unsaturated/α-hetero) is 1. The van der Waals surface area contributed by atoms with Crippen LogP contribution in [0.2, 0.25) is 5.02 Å². The number of rotatable bonds is 3. The number of anilines is 2. The van der Waals surface area contributed by atoms with E-state index in [9.17, 15) is 4.79 Å². The molecule has 1 unspecified atom stereocenters. The first-order valence-corrected chi connectivity index (χ1v) is 9.35. The van der Waals surface area contributed by atoms with E-state index in [1.54, 1.807) is 6.20 Å². The largest absolute Gasteiger partial charge is 0.324 e. The van der Waals surface area contributed by atoms with Gasteiger partial charge in [0.2, 0.25) is 5.95 Å². The average Bonchev–Trinajstić information content (AvgIpc) is 2.61. The number of carbonyl (C=O) groups is 1. The van der Waals surface area contributed by atoms with Crippen molar-refractivity contribution in [2.75, 3.05) is 5.32 Å². The highest BCUT2D eigenvalue weighted by Crippen LogP contribution is 2.32. The Labute approximate surface area is 163 Å². The van der Waals surface area contributed by atoms with E-state index >= 15 is 0 Å². The zero-order valence-corrected chi connectivity index (χ0v) is 16.0. The number of nitrogens with zero attached hydrogens (tertiary/aromatic N) is 2. The SMILES string of the molecule is Cc1cc(C)cc(Nc2ncc3c(n2)CC(c2ccc(Cl)cc2)CC3=O)c1. The van der Waals surface area contributed by atoms with Gasteiger partial charge in [0, 0.05) is 23.3 Å². The number of aryl methyl sites for hydroxylation is 2. The van der Waals surface area contributed by atoms with Crippen molar-refractivity contribution in [3.05, 3.63) is 81.6 Å². The molecule has 1 aliphatic rings. The van der Waals surface area contributed by atoms with Crippen LogP contribution in [-0.2, 0) is 6.42 Å². The summed E-state index contributed by atoms with van der Waals surface area (Å²) < 4.78 is 0. The summed E-state index contributed by atoms with van der Waals surface area (Å²) in [6, 6.07) is 13.9. The van der Waals surface area contributed by atoms with Gasteiger partial charge in [0.05, 0.1) is 11.3 Å². The molecule has 0 saturated heterocycles. The fourth-order valence-electron chi connectivity index (χ4n) is 3.65. The highest BCUT2D eigenvalue weighted by Gasteiger charge is 2.28. The first-order chi connectivity index (χ1) is 13.0. The van der Waals surface area contributed by atoms with Crippen molar-refractivity contribution in [1.29, 1.82) is 0 Å². The molecule has 1 atom stereocenters. The maximum absolute atomic E-state index is 12.6. The second-order valence-corrected chi connectivity index (χ2v) is 7.57. The van der Waals surface area contributed by atoms with Gasteiger partial charge in [-0.2, -0.15) is 0 Å². The summed E-state index contributed by atoms with van der Waals surface area (Å²) in [6.07, 6.45) is 2.84. The molecule has 4 nitrogen and oxygen atoms in total. The van der Waals surface area contributed by atoms with Gasteiger partial charge in [0.1, 0.15) is 0 Å². The van der Waals surface area contributed by atoms with E-state index < -0.39 is 0 Å². The first-order valence-electron chi connectivity index (χ1n) is 8.98. The lowest BCUT2D eigenvalue weighted by atomic mass is 9.82. The van der Waals surface area contributed by atoms with Gasteiger partial charge in [0.25, 0.3) is 0 Å². The third-order valence-corrected chi connectivity index (χ3v) is 5.11. The minimum absolute atomic E-state index is 0.0918. The number of nitrogens with one attached hydrogen (secondary N) is 1. The van der Waals surface area contributed by atoms with Gasteiger partial charge < -0.3 is 5.32 Å². The number of carbonyl (C=O) groups excluding carboxylic acids is 1. The molecule has 3 aromatic rings. The summed E-state index contributed by atoms with van der Waals surface area (Å²) in [7, 11) is 0. The van der Waals surface area contributed by atoms with Crippen LogP contribution in [0.5, 0.6) is 0 Å². The van der Waals surface area contributed by atoms with Crippen molar-refractivity contribution in [3.8, 4) is 0 Å². The molecule has 0 radical (unpaired) electrons. The van der Waals surface area contributed by atoms with Crippen LogP contribution in [0.15, 0.2) is 48.7 Å². The Morgan fingerprint density at radius 3 is 2.44 bits per heavy atom. The molecule has 136 valence electrons. The molecule has 4 rings (SSSR count). The quantitative estimate of drug-likeness (QED) is 0.663. The summed E-state index contributed by atoms with van der Waals surface area (Å²) in [6.45, 7) is 4.11. The summed E-state index contributed by atoms with van der Waals surface area (Å²) >= 11 is 5.98. The lowest BCUT2D eigenvalue weighted by Gasteiger charge is -2.23. The van der Waals surface area contributed by atoms with Gasteiger partial charge in [-0.15, -0.1) is 0 Å². The average molecular weight is 378 g/mol. The number of hydrogen-bond acceptors (Lipinski definition) is 4. The van der Waals surface area contributed by atoms with Crippen molar-refractivity contribution in [2.24, 2.45) is 0 Å². The predicted octanol–water partition coefficient (Wildman–Crippen LogP) is 5.40. The van der Waals surface area contributed by atoms with E-state index in [0.29, 0.717) is 29.4 Å². The van der Waals surface area contributed by atoms with Crippen LogP contribution in [0.3, 0.4) is 0 Å². The number of benzene rings is 2. The summed E-state index contributed by atoms with van der Waals surface area (Å²) in [5.74, 6) is 0.726. The van der Waals surface area contributed by atoms with Crippen LogP contribution >= 0.6 is 11.6 Å². The van der Waals surface area contributed by atoms with E-state index in [1.165, 1.54) is 11.1 Å². The van der Waals surface area contributed by atoms with Crippen molar-refractivity contribution in [3.63, 3.8) is 0 Å². The van der Waals surface area contributed by atoms with Crippen LogP contribution in [0.1, 0.15) is 45.1 Å². The zero-order valence-electron chi connectivity index (χ0n) is 15.3. The van der Waals surface area contributed by atoms with E-state index in [-0.39, 0.29) is 11.7 Å². The highest BCUT2D eigenvalue weighted by molar-refractivity contribution is 6.30. The topological polar surface area (TPSA) is 54.9 Å². The minimum atomic E-state index is 0.0918. The maximum Gasteiger partial charge on any atom is 0.227 e. The lowest BCUT2D eigenvalue weighted by Crippen LogP contribution is -2.21. The van der Waals surface area contributed by atoms with E-state index in [4.69, 9.17) is 11.6 Å². The van der Waals surface area contributed by atoms with Crippen molar-refractivity contribution in [2.45, 2.75) is 32.6 Å². The molecular formula is C22H20ClN3O. The standard InChI is InChI=1S/C22H20ClN3O/c1-13-7-14(2)9-18(8-13)25-22-24-12-19-20(26-22)10-16(11-21(19)27)15-3-5-17(23)6-4-15/h3-9,12,16H,10-11H2,1-2H3,(H,24,25,26). The molecule has 1 N–H and O–H groups in total. The molecule has 2 aromatic carbocycles. The molecule has 5 heteroatoms. The second kappa shape index (κ2) is 7.12. The number of aromatic nitrogens is 2. The number of hydrogen-bond donors (Lipinski definition) is 1. The normalized spacial score (nSPS) is 16.1. The van der Waals surface area contributed by atoms with Gasteiger partial charge in [-0.05, 0) is 67.1 Å². The molecule has 0 amide bonds. The minimum Gasteiger partial charge on any atom is -0.324 e. The van der Waals surface area contributed by atoms with Crippen LogP contribution < -0.4 is 5.32 Å². The smallest absolute Gasteiger partial charge is 0.227 e. The fraction of sp³-hybridized carbons (Fsp3) is 0.227. The Morgan fingerprint density at radius 1 is 1.04 bits per heavy atom. The molecule has 0 bridgehead atoms. The van der Waals surface area contributed by atoms with Gasteiger partial charge in [-0.1, -0.05) is 29.8 Å². The second-order valence-electron chi connectivity index (χ2n) is 7.14. The number of fused-ring (bicyclic) bond motifs is 1. The molecule has 1 heterocycles. The van der Waals surface area contributed by atoms with Gasteiger partial charge in [-0.25, -0.2) is 9.97 Å². The molecule has 0 aliphatic heterocycles. The van der Waals surface area contributed by atoms with E-state index in [1.807, 2.05) is 24.3 Å². The van der Waals surface area contributed by atoms with Crippen molar-refractivity contribution >= 4 is 29.0 Å². The summed E-state index contributed by atoms with van der Waals surface area (Å²) in [4.78, 5) is 21.6. The zero-order chi connectivity index (χ0) is 19.0. The predicted molar refractivity (Wildman–Crippen MR) is 108 cm³/mol. The Kier molecular flexibility index (Phi) is 4.66. The highest BCUT2D eigenvalue weighted by atomic mass is 35.5. The Morgan fingerprint density at radius 2 is 1.74 bits per heavy atom. The van der Waals surface area contributed by atoms with E-state index in [2.05, 4.69) is 47.3 Å². The molecule has 1 aliphatic carbocycles. The lowest BCUT2D eigenvalue weighted by molar-refractivity contribution is 0.0962. The van der Waals surface area contributed by atoms with Crippen LogP contribution in [-0.4, -0.2) is 15.8 Å². The molecular weight excluding hydrogens is 358 g/mol. The molecule has 0 saturated carbocycles. The first kappa shape index (κ1) is 17.7. The fourth-order valence-corrected chi connectivity index (χ4v) is 3.78. The Hall–Kier alpha value is -2.72. The maximum atomic E-state index is 12.6. The Bertz CT molecular complexity index is 994. The van der Waals surface area contributed by atoms with Gasteiger partial charge >= 0.3 is 0 Å². The Balaban J connectivity index is 1.61. The van der Waals surface area contributed by atoms with Gasteiger partial charge in [-0.3, -0.25) is 4.79 Å². The number of ketones is 1. The van der Waals surface area contributed by atoms with Crippen molar-refractivity contribution in [1.82, 2.24) is 9.97 Å². The van der Waals surface area contributed by atoms with Crippen LogP contribution in [0, 0.1) is 13.8 Å². The third kappa shape index (κ3) is 3.86. The van der Waals surface area contributed by atoms with E-state index in [0.717, 1.165) is 16.9 Å². The van der Waals surface area contributed by atoms with Gasteiger partial charge in [0.15, 0.2) is 5.78 Å². The summed E-state index contributed by atoms with van der Waals surface area (Å²) in [5.41, 5.74) is 5.84. The third-order valence-electron chi connectivity index (χ3n) is 4.86. The molecule has 0 fully saturated rings. The number of halogens is 1. The molecule has 0 spiro atoms. The molecule has 1 aromatic heterocycles. The summed E-state index contributed by atoms with van der Waals surface area (Å²) in [5, 5.41) is 3.96. The monoisotopic (exact) mass is 377 g/mol.